The molecule has 0 aromatic heterocycles. The van der Waals surface area contributed by atoms with Crippen LogP contribution in [-0.2, 0) is 0 Å². The maximum Gasteiger partial charge on any atom is 0.0665 e. The Bertz CT molecular complexity index is 73.3. The van der Waals surface area contributed by atoms with Gasteiger partial charge in [0.05, 0.1) is 6.10 Å². The minimum atomic E-state index is -0.375. The van der Waals surface area contributed by atoms with Crippen LogP contribution in [0, 0.1) is 5.92 Å². The Labute approximate surface area is 57.1 Å². The van der Waals surface area contributed by atoms with Crippen molar-refractivity contribution in [2.45, 2.75) is 39.3 Å². The highest BCUT2D eigenvalue weighted by atomic mass is 16.3. The lowest BCUT2D eigenvalue weighted by molar-refractivity contribution is 0.137. The van der Waals surface area contributed by atoms with Crippen molar-refractivity contribution >= 4 is 0 Å². The van der Waals surface area contributed by atoms with E-state index in [0.29, 0.717) is 5.92 Å². The van der Waals surface area contributed by atoms with Gasteiger partial charge in [0.25, 0.3) is 0 Å². The Morgan fingerprint density at radius 2 is 1.89 bits per heavy atom. The summed E-state index contributed by atoms with van der Waals surface area (Å²) >= 11 is 0. The highest BCUT2D eigenvalue weighted by molar-refractivity contribution is 4.72. The van der Waals surface area contributed by atoms with Gasteiger partial charge in [-0.3, -0.25) is 0 Å². The van der Waals surface area contributed by atoms with Gasteiger partial charge in [0.1, 0.15) is 0 Å². The summed E-state index contributed by atoms with van der Waals surface area (Å²) in [6, 6.07) is -0.0602. The van der Waals surface area contributed by atoms with Crippen molar-refractivity contribution in [1.29, 1.82) is 0 Å². The topological polar surface area (TPSA) is 46.2 Å². The highest BCUT2D eigenvalue weighted by Crippen LogP contribution is 2.07. The van der Waals surface area contributed by atoms with Crippen LogP contribution in [0.2, 0.25) is 0 Å². The van der Waals surface area contributed by atoms with Crippen molar-refractivity contribution in [1.82, 2.24) is 0 Å². The van der Waals surface area contributed by atoms with E-state index in [9.17, 15) is 0 Å². The van der Waals surface area contributed by atoms with E-state index < -0.39 is 0 Å². The van der Waals surface area contributed by atoms with Crippen LogP contribution in [0.15, 0.2) is 0 Å². The van der Waals surface area contributed by atoms with E-state index >= 15 is 0 Å². The van der Waals surface area contributed by atoms with Gasteiger partial charge in [-0.2, -0.15) is 0 Å². The van der Waals surface area contributed by atoms with Gasteiger partial charge >= 0.3 is 0 Å². The third kappa shape index (κ3) is 2.82. The van der Waals surface area contributed by atoms with E-state index in [1.165, 1.54) is 0 Å². The SMILES string of the molecule is CCC(C)C(N)C(C)O. The fraction of sp³-hybridized carbons (Fsp3) is 1.00. The summed E-state index contributed by atoms with van der Waals surface area (Å²) in [4.78, 5) is 0. The molecule has 0 rings (SSSR count). The molecule has 0 aliphatic heterocycles. The molecule has 0 bridgehead atoms. The number of rotatable bonds is 3. The first-order valence-corrected chi connectivity index (χ1v) is 3.53. The molecule has 0 spiro atoms. The first-order valence-electron chi connectivity index (χ1n) is 3.53. The molecule has 2 nitrogen and oxygen atoms in total. The zero-order chi connectivity index (χ0) is 7.44. The Balaban J connectivity index is 3.58. The van der Waals surface area contributed by atoms with Crippen molar-refractivity contribution in [2.24, 2.45) is 11.7 Å². The van der Waals surface area contributed by atoms with Gasteiger partial charge in [-0.1, -0.05) is 20.3 Å². The molecule has 0 aromatic carbocycles. The molecule has 2 heteroatoms. The van der Waals surface area contributed by atoms with E-state index in [1.807, 2.05) is 0 Å². The van der Waals surface area contributed by atoms with Crippen molar-refractivity contribution in [3.63, 3.8) is 0 Å². The number of hydrogen-bond acceptors (Lipinski definition) is 2. The molecule has 3 atom stereocenters. The first kappa shape index (κ1) is 8.92. The predicted molar refractivity (Wildman–Crippen MR) is 39.1 cm³/mol. The minimum Gasteiger partial charge on any atom is -0.392 e. The maximum absolute atomic E-state index is 9.00. The van der Waals surface area contributed by atoms with Gasteiger partial charge < -0.3 is 10.8 Å². The van der Waals surface area contributed by atoms with Gasteiger partial charge in [-0.15, -0.1) is 0 Å². The van der Waals surface area contributed by atoms with Crippen LogP contribution in [0.5, 0.6) is 0 Å². The highest BCUT2D eigenvalue weighted by Gasteiger charge is 2.14. The fourth-order valence-corrected chi connectivity index (χ4v) is 0.748. The van der Waals surface area contributed by atoms with Crippen LogP contribution in [0.1, 0.15) is 27.2 Å². The number of nitrogens with two attached hydrogens (primary N) is 1. The smallest absolute Gasteiger partial charge is 0.0665 e. The minimum absolute atomic E-state index is 0.0602. The van der Waals surface area contributed by atoms with Gasteiger partial charge in [-0.05, 0) is 12.8 Å². The second-order valence-corrected chi connectivity index (χ2v) is 2.70. The van der Waals surface area contributed by atoms with E-state index in [-0.39, 0.29) is 12.1 Å². The van der Waals surface area contributed by atoms with Gasteiger partial charge in [0.15, 0.2) is 0 Å². The summed E-state index contributed by atoms with van der Waals surface area (Å²) in [5.74, 6) is 0.421. The molecular formula is C7H17NO. The van der Waals surface area contributed by atoms with Gasteiger partial charge in [0, 0.05) is 6.04 Å². The Morgan fingerprint density at radius 3 is 2.00 bits per heavy atom. The monoisotopic (exact) mass is 131 g/mol. The molecule has 0 saturated heterocycles. The third-order valence-corrected chi connectivity index (χ3v) is 1.86. The van der Waals surface area contributed by atoms with Crippen LogP contribution in [0.4, 0.5) is 0 Å². The Morgan fingerprint density at radius 1 is 1.44 bits per heavy atom. The number of aliphatic hydroxyl groups is 1. The molecule has 0 aromatic rings. The lowest BCUT2D eigenvalue weighted by Gasteiger charge is -2.20. The predicted octanol–water partition coefficient (Wildman–Crippen LogP) is 0.741. The van der Waals surface area contributed by atoms with Gasteiger partial charge in [0.2, 0.25) is 0 Å². The molecule has 3 unspecified atom stereocenters. The Kier molecular flexibility index (Phi) is 3.82. The molecule has 0 aliphatic rings. The first-order chi connectivity index (χ1) is 4.09. The summed E-state index contributed by atoms with van der Waals surface area (Å²) in [6.07, 6.45) is 0.659. The Hall–Kier alpha value is -0.0800. The molecule has 0 aliphatic carbocycles. The lowest BCUT2D eigenvalue weighted by atomic mass is 9.96. The molecular weight excluding hydrogens is 114 g/mol. The zero-order valence-electron chi connectivity index (χ0n) is 6.46. The third-order valence-electron chi connectivity index (χ3n) is 1.86. The molecule has 56 valence electrons. The zero-order valence-corrected chi connectivity index (χ0v) is 6.46. The second-order valence-electron chi connectivity index (χ2n) is 2.70. The van der Waals surface area contributed by atoms with Crippen LogP contribution in [-0.4, -0.2) is 17.3 Å². The van der Waals surface area contributed by atoms with E-state index in [2.05, 4.69) is 13.8 Å². The normalized spacial score (nSPS) is 21.0. The quantitative estimate of drug-likeness (QED) is 0.593. The number of aliphatic hydroxyl groups excluding tert-OH is 1. The largest absolute Gasteiger partial charge is 0.392 e. The summed E-state index contributed by atoms with van der Waals surface area (Å²) in [5, 5.41) is 9.00. The fourth-order valence-electron chi connectivity index (χ4n) is 0.748. The average molecular weight is 131 g/mol. The molecule has 0 amide bonds. The molecule has 9 heavy (non-hydrogen) atoms. The van der Waals surface area contributed by atoms with Crippen LogP contribution in [0.25, 0.3) is 0 Å². The summed E-state index contributed by atoms with van der Waals surface area (Å²) in [7, 11) is 0. The molecule has 0 fully saturated rings. The molecule has 3 N–H and O–H groups in total. The standard InChI is InChI=1S/C7H17NO/c1-4-5(2)7(8)6(3)9/h5-7,9H,4,8H2,1-3H3. The lowest BCUT2D eigenvalue weighted by Crippen LogP contribution is -2.38. The van der Waals surface area contributed by atoms with E-state index in [0.717, 1.165) is 6.42 Å². The average Bonchev–Trinajstić information content (AvgIpc) is 1.84. The number of hydrogen-bond donors (Lipinski definition) is 2. The van der Waals surface area contributed by atoms with E-state index in [4.69, 9.17) is 10.8 Å². The molecule has 0 heterocycles. The molecule has 0 saturated carbocycles. The van der Waals surface area contributed by atoms with Crippen LogP contribution >= 0.6 is 0 Å². The van der Waals surface area contributed by atoms with Crippen molar-refractivity contribution in [2.75, 3.05) is 0 Å². The van der Waals surface area contributed by atoms with E-state index in [1.54, 1.807) is 6.92 Å². The maximum atomic E-state index is 9.00. The summed E-state index contributed by atoms with van der Waals surface area (Å²) in [5.41, 5.74) is 5.62. The van der Waals surface area contributed by atoms with Crippen molar-refractivity contribution in [3.8, 4) is 0 Å². The van der Waals surface area contributed by atoms with Crippen LogP contribution in [0.3, 0.4) is 0 Å². The second kappa shape index (κ2) is 3.85. The summed E-state index contributed by atoms with van der Waals surface area (Å²) in [6.45, 7) is 5.86. The van der Waals surface area contributed by atoms with Crippen molar-refractivity contribution in [3.05, 3.63) is 0 Å². The molecule has 0 radical (unpaired) electrons. The summed E-state index contributed by atoms with van der Waals surface area (Å²) < 4.78 is 0. The van der Waals surface area contributed by atoms with Crippen molar-refractivity contribution < 1.29 is 5.11 Å². The van der Waals surface area contributed by atoms with Crippen LogP contribution < -0.4 is 5.73 Å². The van der Waals surface area contributed by atoms with Gasteiger partial charge in [-0.25, -0.2) is 0 Å².